The third-order valence-electron chi connectivity index (χ3n) is 3.99. The average Bonchev–Trinajstić information content (AvgIpc) is 3.16. The molecule has 3 rings (SSSR count). The number of halogens is 1. The highest BCUT2D eigenvalue weighted by molar-refractivity contribution is 9.10. The second kappa shape index (κ2) is 9.57. The van der Waals surface area contributed by atoms with Crippen LogP contribution in [0.2, 0.25) is 0 Å². The zero-order valence-electron chi connectivity index (χ0n) is 15.1. The standard InChI is InChI=1S/C20H18BrN3O3S/c1-27-19(26)10-17(13-4-2-6-15(21)8-13)24-18(25)9-16-12-28-20(23-16)14-5-3-7-22-11-14/h2-8,11-12,17H,9-10H2,1H3,(H,24,25). The number of hydrogen-bond acceptors (Lipinski definition) is 6. The number of nitrogens with one attached hydrogen (secondary N) is 1. The number of ether oxygens (including phenoxy) is 1. The van der Waals surface area contributed by atoms with Gasteiger partial charge in [0.2, 0.25) is 5.91 Å². The zero-order valence-corrected chi connectivity index (χ0v) is 17.5. The van der Waals surface area contributed by atoms with Crippen LogP contribution >= 0.6 is 27.3 Å². The van der Waals surface area contributed by atoms with Gasteiger partial charge in [0.15, 0.2) is 0 Å². The van der Waals surface area contributed by atoms with Crippen LogP contribution in [0.1, 0.15) is 23.7 Å². The maximum atomic E-state index is 12.6. The molecule has 2 aromatic heterocycles. The molecule has 0 spiro atoms. The molecule has 6 nitrogen and oxygen atoms in total. The Labute approximate surface area is 175 Å². The van der Waals surface area contributed by atoms with Crippen LogP contribution in [-0.4, -0.2) is 29.0 Å². The van der Waals surface area contributed by atoms with Gasteiger partial charge in [-0.25, -0.2) is 4.98 Å². The van der Waals surface area contributed by atoms with E-state index in [1.807, 2.05) is 41.8 Å². The van der Waals surface area contributed by atoms with Crippen LogP contribution in [0.5, 0.6) is 0 Å². The highest BCUT2D eigenvalue weighted by atomic mass is 79.9. The molecule has 0 radical (unpaired) electrons. The quantitative estimate of drug-likeness (QED) is 0.541. The SMILES string of the molecule is COC(=O)CC(NC(=O)Cc1csc(-c2cccnc2)n1)c1cccc(Br)c1. The van der Waals surface area contributed by atoms with Crippen LogP contribution in [0, 0.1) is 0 Å². The van der Waals surface area contributed by atoms with Crippen molar-refractivity contribution in [2.24, 2.45) is 0 Å². The fraction of sp³-hybridized carbons (Fsp3) is 0.200. The van der Waals surface area contributed by atoms with Crippen LogP contribution in [0.25, 0.3) is 10.6 Å². The number of esters is 1. The predicted octanol–water partition coefficient (Wildman–Crippen LogP) is 3.93. The Morgan fingerprint density at radius 3 is 2.86 bits per heavy atom. The molecule has 0 aliphatic rings. The van der Waals surface area contributed by atoms with Crippen LogP contribution in [0.4, 0.5) is 0 Å². The summed E-state index contributed by atoms with van der Waals surface area (Å²) < 4.78 is 5.64. The maximum Gasteiger partial charge on any atom is 0.307 e. The molecule has 0 aliphatic carbocycles. The number of benzene rings is 1. The van der Waals surface area contributed by atoms with Crippen molar-refractivity contribution in [3.8, 4) is 10.6 Å². The first-order valence-electron chi connectivity index (χ1n) is 8.51. The molecule has 144 valence electrons. The predicted molar refractivity (Wildman–Crippen MR) is 111 cm³/mol. The van der Waals surface area contributed by atoms with Crippen molar-refractivity contribution in [1.29, 1.82) is 0 Å². The van der Waals surface area contributed by atoms with Crippen molar-refractivity contribution >= 4 is 39.1 Å². The fourth-order valence-corrected chi connectivity index (χ4v) is 3.87. The van der Waals surface area contributed by atoms with Gasteiger partial charge in [0, 0.05) is 27.8 Å². The van der Waals surface area contributed by atoms with Crippen molar-refractivity contribution in [1.82, 2.24) is 15.3 Å². The number of carbonyl (C=O) groups excluding carboxylic acids is 2. The fourth-order valence-electron chi connectivity index (χ4n) is 2.65. The molecule has 1 N–H and O–H groups in total. The lowest BCUT2D eigenvalue weighted by Gasteiger charge is -2.18. The molecule has 3 aromatic rings. The summed E-state index contributed by atoms with van der Waals surface area (Å²) in [6, 6.07) is 10.8. The monoisotopic (exact) mass is 459 g/mol. The number of methoxy groups -OCH3 is 1. The highest BCUT2D eigenvalue weighted by Crippen LogP contribution is 2.24. The maximum absolute atomic E-state index is 12.6. The van der Waals surface area contributed by atoms with E-state index in [4.69, 9.17) is 4.74 Å². The molecule has 8 heteroatoms. The molecule has 0 saturated carbocycles. The lowest BCUT2D eigenvalue weighted by atomic mass is 10.0. The molecule has 1 unspecified atom stereocenters. The Balaban J connectivity index is 1.70. The topological polar surface area (TPSA) is 81.2 Å². The van der Waals surface area contributed by atoms with E-state index in [1.165, 1.54) is 18.4 Å². The average molecular weight is 460 g/mol. The van der Waals surface area contributed by atoms with E-state index in [2.05, 4.69) is 31.2 Å². The van der Waals surface area contributed by atoms with Crippen molar-refractivity contribution in [2.75, 3.05) is 7.11 Å². The number of thiazole rings is 1. The van der Waals surface area contributed by atoms with E-state index < -0.39 is 12.0 Å². The van der Waals surface area contributed by atoms with E-state index in [9.17, 15) is 9.59 Å². The van der Waals surface area contributed by atoms with Gasteiger partial charge in [0.1, 0.15) is 5.01 Å². The van der Waals surface area contributed by atoms with E-state index in [0.29, 0.717) is 5.69 Å². The molecule has 1 atom stereocenters. The molecular formula is C20H18BrN3O3S. The van der Waals surface area contributed by atoms with Crippen LogP contribution in [0.15, 0.2) is 58.6 Å². The first kappa shape index (κ1) is 20.2. The van der Waals surface area contributed by atoms with Gasteiger partial charge in [-0.2, -0.15) is 0 Å². The minimum atomic E-state index is -0.478. The summed E-state index contributed by atoms with van der Waals surface area (Å²) in [5.74, 6) is -0.602. The Morgan fingerprint density at radius 2 is 2.14 bits per heavy atom. The van der Waals surface area contributed by atoms with Crippen molar-refractivity contribution in [3.05, 3.63) is 69.9 Å². The summed E-state index contributed by atoms with van der Waals surface area (Å²) in [5, 5.41) is 5.59. The van der Waals surface area contributed by atoms with E-state index in [-0.39, 0.29) is 18.7 Å². The second-order valence-electron chi connectivity index (χ2n) is 6.02. The normalized spacial score (nSPS) is 11.6. The number of carbonyl (C=O) groups is 2. The summed E-state index contributed by atoms with van der Waals surface area (Å²) >= 11 is 4.88. The lowest BCUT2D eigenvalue weighted by Crippen LogP contribution is -2.31. The van der Waals surface area contributed by atoms with Gasteiger partial charge in [0.25, 0.3) is 0 Å². The van der Waals surface area contributed by atoms with E-state index in [0.717, 1.165) is 20.6 Å². The number of pyridine rings is 1. The first-order valence-corrected chi connectivity index (χ1v) is 10.2. The molecule has 0 fully saturated rings. The summed E-state index contributed by atoms with van der Waals surface area (Å²) in [4.78, 5) is 32.9. The first-order chi connectivity index (χ1) is 13.5. The minimum Gasteiger partial charge on any atom is -0.469 e. The number of aromatic nitrogens is 2. The number of rotatable bonds is 7. The third-order valence-corrected chi connectivity index (χ3v) is 5.42. The molecular weight excluding hydrogens is 442 g/mol. The Hall–Kier alpha value is -2.58. The Kier molecular flexibility index (Phi) is 6.89. The minimum absolute atomic E-state index is 0.0523. The van der Waals surface area contributed by atoms with Gasteiger partial charge in [-0.1, -0.05) is 28.1 Å². The van der Waals surface area contributed by atoms with Crippen molar-refractivity contribution < 1.29 is 14.3 Å². The zero-order chi connectivity index (χ0) is 19.9. The summed E-state index contributed by atoms with van der Waals surface area (Å²) in [6.07, 6.45) is 3.62. The van der Waals surface area contributed by atoms with Crippen molar-refractivity contribution in [2.45, 2.75) is 18.9 Å². The lowest BCUT2D eigenvalue weighted by molar-refractivity contribution is -0.141. The second-order valence-corrected chi connectivity index (χ2v) is 7.79. The van der Waals surface area contributed by atoms with Gasteiger partial charge < -0.3 is 10.1 Å². The Bertz CT molecular complexity index is 962. The van der Waals surface area contributed by atoms with Gasteiger partial charge in [-0.05, 0) is 29.8 Å². The highest BCUT2D eigenvalue weighted by Gasteiger charge is 2.20. The van der Waals surface area contributed by atoms with Gasteiger partial charge in [-0.3, -0.25) is 14.6 Å². The molecule has 0 aliphatic heterocycles. The molecule has 1 aromatic carbocycles. The number of nitrogens with zero attached hydrogens (tertiary/aromatic N) is 2. The van der Waals surface area contributed by atoms with Gasteiger partial charge in [-0.15, -0.1) is 11.3 Å². The molecule has 2 heterocycles. The molecule has 1 amide bonds. The summed E-state index contributed by atoms with van der Waals surface area (Å²) in [6.45, 7) is 0. The number of hydrogen-bond donors (Lipinski definition) is 1. The largest absolute Gasteiger partial charge is 0.469 e. The van der Waals surface area contributed by atoms with Gasteiger partial charge >= 0.3 is 5.97 Å². The smallest absolute Gasteiger partial charge is 0.307 e. The third kappa shape index (κ3) is 5.46. The van der Waals surface area contributed by atoms with Gasteiger partial charge in [0.05, 0.1) is 31.7 Å². The molecule has 0 saturated heterocycles. The summed E-state index contributed by atoms with van der Waals surface area (Å²) in [7, 11) is 1.33. The van der Waals surface area contributed by atoms with Crippen LogP contribution < -0.4 is 5.32 Å². The van der Waals surface area contributed by atoms with E-state index >= 15 is 0 Å². The van der Waals surface area contributed by atoms with E-state index in [1.54, 1.807) is 12.4 Å². The van der Waals surface area contributed by atoms with Crippen LogP contribution in [-0.2, 0) is 20.7 Å². The number of amides is 1. The summed E-state index contributed by atoms with van der Waals surface area (Å²) in [5.41, 5.74) is 2.41. The Morgan fingerprint density at radius 1 is 1.29 bits per heavy atom. The molecule has 0 bridgehead atoms. The molecule has 28 heavy (non-hydrogen) atoms. The van der Waals surface area contributed by atoms with Crippen LogP contribution in [0.3, 0.4) is 0 Å². The van der Waals surface area contributed by atoms with Crippen molar-refractivity contribution in [3.63, 3.8) is 0 Å².